The van der Waals surface area contributed by atoms with Crippen LogP contribution in [0, 0.1) is 0 Å². The molecule has 1 saturated heterocycles. The van der Waals surface area contributed by atoms with E-state index in [1.165, 1.54) is 6.42 Å². The molecule has 0 amide bonds. The lowest BCUT2D eigenvalue weighted by atomic mass is 10.2. The van der Waals surface area contributed by atoms with Gasteiger partial charge in [0.05, 0.1) is 0 Å². The topological polar surface area (TPSA) is 41.5 Å². The van der Waals surface area contributed by atoms with Crippen LogP contribution in [0.25, 0.3) is 0 Å². The third-order valence-electron chi connectivity index (χ3n) is 3.85. The van der Waals surface area contributed by atoms with Gasteiger partial charge in [0.25, 0.3) is 0 Å². The number of rotatable bonds is 5. The Hall–Kier alpha value is -0.910. The lowest BCUT2D eigenvalue weighted by Crippen LogP contribution is -2.49. The maximum absolute atomic E-state index is 6.06. The van der Waals surface area contributed by atoms with Gasteiger partial charge in [0.2, 0.25) is 0 Å². The molecule has 2 rings (SSSR count). The second kappa shape index (κ2) is 7.20. The minimum absolute atomic E-state index is 0.389. The first kappa shape index (κ1) is 15.5. The van der Waals surface area contributed by atoms with E-state index in [0.29, 0.717) is 23.6 Å². The van der Waals surface area contributed by atoms with Crippen molar-refractivity contribution < 1.29 is 4.74 Å². The SMILES string of the molecule is CCC(C)N1CCN(c2cc(Cl)nc(COC)n2)CC1. The van der Waals surface area contributed by atoms with Crippen LogP contribution in [0.1, 0.15) is 26.1 Å². The zero-order valence-electron chi connectivity index (χ0n) is 12.5. The number of halogens is 1. The summed E-state index contributed by atoms with van der Waals surface area (Å²) in [7, 11) is 1.63. The summed E-state index contributed by atoms with van der Waals surface area (Å²) < 4.78 is 5.08. The van der Waals surface area contributed by atoms with E-state index in [9.17, 15) is 0 Å². The lowest BCUT2D eigenvalue weighted by molar-refractivity contribution is 0.177. The maximum Gasteiger partial charge on any atom is 0.158 e. The molecule has 0 radical (unpaired) electrons. The van der Waals surface area contributed by atoms with Gasteiger partial charge in [-0.1, -0.05) is 18.5 Å². The van der Waals surface area contributed by atoms with Crippen LogP contribution < -0.4 is 4.90 Å². The first-order valence-corrected chi connectivity index (χ1v) is 7.53. The van der Waals surface area contributed by atoms with Crippen molar-refractivity contribution in [1.82, 2.24) is 14.9 Å². The molecule has 0 aliphatic carbocycles. The van der Waals surface area contributed by atoms with Crippen LogP contribution in [-0.2, 0) is 11.3 Å². The highest BCUT2D eigenvalue weighted by Gasteiger charge is 2.21. The van der Waals surface area contributed by atoms with E-state index in [0.717, 1.165) is 32.0 Å². The van der Waals surface area contributed by atoms with Crippen LogP contribution in [0.3, 0.4) is 0 Å². The van der Waals surface area contributed by atoms with Crippen LogP contribution in [0.5, 0.6) is 0 Å². The summed E-state index contributed by atoms with van der Waals surface area (Å²) in [5.41, 5.74) is 0. The van der Waals surface area contributed by atoms with Gasteiger partial charge >= 0.3 is 0 Å². The predicted octanol–water partition coefficient (Wildman–Crippen LogP) is 2.20. The van der Waals surface area contributed by atoms with Crippen molar-refractivity contribution in [3.63, 3.8) is 0 Å². The predicted molar refractivity (Wildman–Crippen MR) is 81.3 cm³/mol. The molecule has 5 nitrogen and oxygen atoms in total. The van der Waals surface area contributed by atoms with Crippen molar-refractivity contribution in [2.45, 2.75) is 32.9 Å². The summed E-state index contributed by atoms with van der Waals surface area (Å²) in [5.74, 6) is 1.54. The third kappa shape index (κ3) is 3.81. The molecule has 112 valence electrons. The molecule has 1 atom stereocenters. The van der Waals surface area contributed by atoms with E-state index in [1.54, 1.807) is 7.11 Å². The minimum atomic E-state index is 0.389. The molecule has 1 aromatic rings. The lowest BCUT2D eigenvalue weighted by Gasteiger charge is -2.38. The van der Waals surface area contributed by atoms with Crippen LogP contribution in [0.2, 0.25) is 5.15 Å². The average Bonchev–Trinajstić information content (AvgIpc) is 2.46. The third-order valence-corrected chi connectivity index (χ3v) is 4.05. The Morgan fingerprint density at radius 1 is 1.30 bits per heavy atom. The normalized spacial score (nSPS) is 18.3. The zero-order valence-corrected chi connectivity index (χ0v) is 13.2. The molecule has 1 fully saturated rings. The van der Waals surface area contributed by atoms with Gasteiger partial charge < -0.3 is 9.64 Å². The van der Waals surface area contributed by atoms with Gasteiger partial charge in [-0.05, 0) is 13.3 Å². The van der Waals surface area contributed by atoms with Crippen LogP contribution in [-0.4, -0.2) is 54.2 Å². The maximum atomic E-state index is 6.06. The number of anilines is 1. The molecular formula is C14H23ClN4O. The number of methoxy groups -OCH3 is 1. The number of aromatic nitrogens is 2. The summed E-state index contributed by atoms with van der Waals surface area (Å²) in [5, 5.41) is 0.478. The van der Waals surface area contributed by atoms with E-state index >= 15 is 0 Å². The summed E-state index contributed by atoms with van der Waals surface area (Å²) in [6.45, 7) is 8.99. The van der Waals surface area contributed by atoms with E-state index in [1.807, 2.05) is 6.07 Å². The van der Waals surface area contributed by atoms with Gasteiger partial charge in [-0.25, -0.2) is 9.97 Å². The van der Waals surface area contributed by atoms with Gasteiger partial charge in [-0.15, -0.1) is 0 Å². The largest absolute Gasteiger partial charge is 0.377 e. The van der Waals surface area contributed by atoms with Crippen LogP contribution in [0.15, 0.2) is 6.07 Å². The molecule has 0 saturated carbocycles. The quantitative estimate of drug-likeness (QED) is 0.780. The second-order valence-corrected chi connectivity index (χ2v) is 5.57. The van der Waals surface area contributed by atoms with Crippen molar-refractivity contribution in [1.29, 1.82) is 0 Å². The molecule has 0 bridgehead atoms. The molecule has 1 aromatic heterocycles. The fraction of sp³-hybridized carbons (Fsp3) is 0.714. The molecular weight excluding hydrogens is 276 g/mol. The van der Waals surface area contributed by atoms with E-state index in [2.05, 4.69) is 33.6 Å². The highest BCUT2D eigenvalue weighted by molar-refractivity contribution is 6.29. The van der Waals surface area contributed by atoms with Crippen molar-refractivity contribution >= 4 is 17.4 Å². The van der Waals surface area contributed by atoms with Crippen molar-refractivity contribution in [2.75, 3.05) is 38.2 Å². The smallest absolute Gasteiger partial charge is 0.158 e. The van der Waals surface area contributed by atoms with E-state index in [4.69, 9.17) is 16.3 Å². The highest BCUT2D eigenvalue weighted by Crippen LogP contribution is 2.19. The Morgan fingerprint density at radius 3 is 2.60 bits per heavy atom. The van der Waals surface area contributed by atoms with Gasteiger partial charge in [0.1, 0.15) is 17.6 Å². The molecule has 2 heterocycles. The minimum Gasteiger partial charge on any atom is -0.377 e. The van der Waals surface area contributed by atoms with Crippen molar-refractivity contribution in [2.24, 2.45) is 0 Å². The van der Waals surface area contributed by atoms with Gasteiger partial charge in [0.15, 0.2) is 5.82 Å². The Bertz CT molecular complexity index is 435. The molecule has 1 aliphatic heterocycles. The van der Waals surface area contributed by atoms with Crippen LogP contribution in [0.4, 0.5) is 5.82 Å². The molecule has 0 spiro atoms. The van der Waals surface area contributed by atoms with Crippen LogP contribution >= 0.6 is 11.6 Å². The monoisotopic (exact) mass is 298 g/mol. The van der Waals surface area contributed by atoms with E-state index in [-0.39, 0.29) is 0 Å². The Balaban J connectivity index is 2.03. The number of hydrogen-bond donors (Lipinski definition) is 0. The summed E-state index contributed by atoms with van der Waals surface area (Å²) >= 11 is 6.06. The number of ether oxygens (including phenoxy) is 1. The molecule has 20 heavy (non-hydrogen) atoms. The summed E-state index contributed by atoms with van der Waals surface area (Å²) in [6, 6.07) is 2.48. The Labute approximate surface area is 125 Å². The summed E-state index contributed by atoms with van der Waals surface area (Å²) in [4.78, 5) is 13.5. The van der Waals surface area contributed by atoms with Gasteiger partial charge in [-0.3, -0.25) is 4.90 Å². The molecule has 0 aromatic carbocycles. The average molecular weight is 299 g/mol. The highest BCUT2D eigenvalue weighted by atomic mass is 35.5. The fourth-order valence-corrected chi connectivity index (χ4v) is 2.65. The molecule has 6 heteroatoms. The van der Waals surface area contributed by atoms with Crippen molar-refractivity contribution in [3.05, 3.63) is 17.0 Å². The Kier molecular flexibility index (Phi) is 5.57. The standard InChI is InChI=1S/C14H23ClN4O/c1-4-11(2)18-5-7-19(8-6-18)14-9-12(15)16-13(17-14)10-20-3/h9,11H,4-8,10H2,1-3H3. The number of nitrogens with zero attached hydrogens (tertiary/aromatic N) is 4. The van der Waals surface area contributed by atoms with E-state index < -0.39 is 0 Å². The first-order chi connectivity index (χ1) is 9.63. The van der Waals surface area contributed by atoms with Crippen molar-refractivity contribution in [3.8, 4) is 0 Å². The second-order valence-electron chi connectivity index (χ2n) is 5.18. The van der Waals surface area contributed by atoms with Gasteiger partial charge in [0, 0.05) is 45.4 Å². The number of piperazine rings is 1. The number of hydrogen-bond acceptors (Lipinski definition) is 5. The molecule has 1 unspecified atom stereocenters. The Morgan fingerprint density at radius 2 is 2.00 bits per heavy atom. The first-order valence-electron chi connectivity index (χ1n) is 7.15. The molecule has 0 N–H and O–H groups in total. The molecule has 1 aliphatic rings. The van der Waals surface area contributed by atoms with Gasteiger partial charge in [-0.2, -0.15) is 0 Å². The summed E-state index contributed by atoms with van der Waals surface area (Å²) in [6.07, 6.45) is 1.19. The zero-order chi connectivity index (χ0) is 14.5. The fourth-order valence-electron chi connectivity index (χ4n) is 2.46.